The number of amides is 1. The fourth-order valence-corrected chi connectivity index (χ4v) is 1.44. The Bertz CT molecular complexity index is 205. The second-order valence-corrected chi connectivity index (χ2v) is 3.40. The van der Waals surface area contributed by atoms with Crippen molar-refractivity contribution < 1.29 is 18.0 Å². The van der Waals surface area contributed by atoms with Crippen LogP contribution in [0.15, 0.2) is 0 Å². The molecular weight excluding hydrogens is 233 g/mol. The molecule has 1 amide bonds. The van der Waals surface area contributed by atoms with Gasteiger partial charge in [0.15, 0.2) is 0 Å². The second-order valence-electron chi connectivity index (χ2n) is 3.40. The molecule has 0 aliphatic carbocycles. The van der Waals surface area contributed by atoms with Gasteiger partial charge in [-0.1, -0.05) is 0 Å². The predicted molar refractivity (Wildman–Crippen MR) is 52.0 cm³/mol. The van der Waals surface area contributed by atoms with Crippen LogP contribution in [-0.4, -0.2) is 31.2 Å². The maximum Gasteiger partial charge on any atom is 0.397 e. The number of hydrogen-bond acceptors (Lipinski definition) is 2. The minimum Gasteiger partial charge on any atom is -0.352 e. The van der Waals surface area contributed by atoms with Crippen LogP contribution in [0, 0.1) is 0 Å². The molecule has 3 nitrogen and oxygen atoms in total. The molecule has 0 aromatic heterocycles. The molecule has 0 aromatic carbocycles. The van der Waals surface area contributed by atoms with E-state index >= 15 is 0 Å². The number of nitrogens with one attached hydrogen (secondary N) is 2. The van der Waals surface area contributed by atoms with Gasteiger partial charge in [-0.25, -0.2) is 0 Å². The number of hydrogen-bond donors (Lipinski definition) is 2. The van der Waals surface area contributed by atoms with Gasteiger partial charge in [-0.3, -0.25) is 4.79 Å². The van der Waals surface area contributed by atoms with E-state index < -0.39 is 18.5 Å². The summed E-state index contributed by atoms with van der Waals surface area (Å²) in [6.45, 7) is 1.43. The smallest absolute Gasteiger partial charge is 0.352 e. The van der Waals surface area contributed by atoms with Crippen LogP contribution in [-0.2, 0) is 4.79 Å². The Morgan fingerprint density at radius 1 is 1.47 bits per heavy atom. The topological polar surface area (TPSA) is 41.1 Å². The largest absolute Gasteiger partial charge is 0.397 e. The first-order valence-electron chi connectivity index (χ1n) is 4.54. The third-order valence-electron chi connectivity index (χ3n) is 2.02. The molecule has 2 N–H and O–H groups in total. The lowest BCUT2D eigenvalue weighted by Gasteiger charge is -2.23. The Morgan fingerprint density at radius 2 is 2.13 bits per heavy atom. The Balaban J connectivity index is 0.00000196. The van der Waals surface area contributed by atoms with Gasteiger partial charge >= 0.3 is 6.18 Å². The molecule has 1 fully saturated rings. The molecule has 0 aromatic rings. The summed E-state index contributed by atoms with van der Waals surface area (Å²) in [6, 6.07) is -0.154. The summed E-state index contributed by atoms with van der Waals surface area (Å²) < 4.78 is 35.4. The molecule has 0 radical (unpaired) electrons. The van der Waals surface area contributed by atoms with Crippen molar-refractivity contribution in [3.05, 3.63) is 0 Å². The van der Waals surface area contributed by atoms with Gasteiger partial charge in [0.05, 0.1) is 0 Å². The van der Waals surface area contributed by atoms with Gasteiger partial charge in [-0.05, 0) is 19.4 Å². The van der Waals surface area contributed by atoms with Crippen molar-refractivity contribution in [1.82, 2.24) is 10.6 Å². The van der Waals surface area contributed by atoms with Crippen LogP contribution in [0.5, 0.6) is 0 Å². The maximum absolute atomic E-state index is 11.8. The number of piperidine rings is 1. The number of carbonyl (C=O) groups is 1. The van der Waals surface area contributed by atoms with E-state index in [1.165, 1.54) is 0 Å². The van der Waals surface area contributed by atoms with Gasteiger partial charge in [0.25, 0.3) is 0 Å². The molecule has 0 bridgehead atoms. The molecule has 1 aliphatic heterocycles. The lowest BCUT2D eigenvalue weighted by atomic mass is 10.1. The fraction of sp³-hybridized carbons (Fsp3) is 0.875. The summed E-state index contributed by atoms with van der Waals surface area (Å²) in [5, 5.41) is 5.36. The van der Waals surface area contributed by atoms with Gasteiger partial charge in [0.2, 0.25) is 5.91 Å². The normalized spacial score (nSPS) is 21.7. The minimum absolute atomic E-state index is 0. The first-order chi connectivity index (χ1) is 6.47. The fourth-order valence-electron chi connectivity index (χ4n) is 1.44. The summed E-state index contributed by atoms with van der Waals surface area (Å²) in [5.74, 6) is -0.939. The van der Waals surface area contributed by atoms with Crippen molar-refractivity contribution in [2.75, 3.05) is 13.1 Å². The summed E-state index contributed by atoms with van der Waals surface area (Å²) in [6.07, 6.45) is -4.16. The molecule has 7 heteroatoms. The van der Waals surface area contributed by atoms with E-state index in [1.54, 1.807) is 0 Å². The molecule has 1 heterocycles. The lowest BCUT2D eigenvalue weighted by molar-refractivity contribution is -0.154. The Kier molecular flexibility index (Phi) is 5.97. The zero-order valence-electron chi connectivity index (χ0n) is 8.06. The van der Waals surface area contributed by atoms with Crippen LogP contribution in [0.4, 0.5) is 13.2 Å². The third kappa shape index (κ3) is 6.57. The molecule has 0 saturated carbocycles. The van der Waals surface area contributed by atoms with Crippen molar-refractivity contribution in [2.24, 2.45) is 0 Å². The summed E-state index contributed by atoms with van der Waals surface area (Å²) in [5.41, 5.74) is 0. The third-order valence-corrected chi connectivity index (χ3v) is 2.02. The molecule has 90 valence electrons. The molecule has 1 atom stereocenters. The van der Waals surface area contributed by atoms with Crippen molar-refractivity contribution in [1.29, 1.82) is 0 Å². The lowest BCUT2D eigenvalue weighted by Crippen LogP contribution is -2.46. The van der Waals surface area contributed by atoms with E-state index in [9.17, 15) is 18.0 Å². The quantitative estimate of drug-likeness (QED) is 0.770. The van der Waals surface area contributed by atoms with Crippen LogP contribution in [0.25, 0.3) is 0 Å². The van der Waals surface area contributed by atoms with Gasteiger partial charge in [-0.2, -0.15) is 13.2 Å². The average Bonchev–Trinajstić information content (AvgIpc) is 2.02. The van der Waals surface area contributed by atoms with Crippen molar-refractivity contribution in [3.8, 4) is 0 Å². The zero-order chi connectivity index (χ0) is 10.6. The average molecular weight is 247 g/mol. The van der Waals surface area contributed by atoms with Crippen molar-refractivity contribution >= 4 is 18.3 Å². The number of carbonyl (C=O) groups excluding carboxylic acids is 1. The van der Waals surface area contributed by atoms with Gasteiger partial charge in [0.1, 0.15) is 6.42 Å². The molecular formula is C8H14ClF3N2O. The first kappa shape index (κ1) is 14.5. The predicted octanol–water partition coefficient (Wildman–Crippen LogP) is 1.23. The van der Waals surface area contributed by atoms with E-state index in [2.05, 4.69) is 10.6 Å². The van der Waals surface area contributed by atoms with Crippen LogP contribution in [0.3, 0.4) is 0 Å². The first-order valence-corrected chi connectivity index (χ1v) is 4.54. The minimum atomic E-state index is -4.41. The standard InChI is InChI=1S/C8H13F3N2O.ClH/c9-8(10,11)4-7(14)13-6-2-1-3-12-5-6;/h6,12H,1-5H2,(H,13,14);1H. The Morgan fingerprint density at radius 3 is 2.60 bits per heavy atom. The van der Waals surface area contributed by atoms with Crippen LogP contribution in [0.1, 0.15) is 19.3 Å². The molecule has 15 heavy (non-hydrogen) atoms. The summed E-state index contributed by atoms with van der Waals surface area (Å²) in [4.78, 5) is 10.9. The van der Waals surface area contributed by atoms with Crippen molar-refractivity contribution in [3.63, 3.8) is 0 Å². The van der Waals surface area contributed by atoms with Crippen molar-refractivity contribution in [2.45, 2.75) is 31.5 Å². The molecule has 0 spiro atoms. The summed E-state index contributed by atoms with van der Waals surface area (Å²) >= 11 is 0. The molecule has 1 saturated heterocycles. The zero-order valence-corrected chi connectivity index (χ0v) is 8.88. The van der Waals surface area contributed by atoms with E-state index in [1.807, 2.05) is 0 Å². The van der Waals surface area contributed by atoms with E-state index in [4.69, 9.17) is 0 Å². The van der Waals surface area contributed by atoms with E-state index in [-0.39, 0.29) is 18.4 Å². The van der Waals surface area contributed by atoms with Gasteiger partial charge in [0, 0.05) is 12.6 Å². The monoisotopic (exact) mass is 246 g/mol. The van der Waals surface area contributed by atoms with Gasteiger partial charge in [-0.15, -0.1) is 12.4 Å². The Hall–Kier alpha value is -0.490. The highest BCUT2D eigenvalue weighted by atomic mass is 35.5. The second kappa shape index (κ2) is 6.17. The summed E-state index contributed by atoms with van der Waals surface area (Å²) in [7, 11) is 0. The number of alkyl halides is 3. The highest BCUT2D eigenvalue weighted by Gasteiger charge is 2.32. The van der Waals surface area contributed by atoms with Crippen LogP contribution in [0.2, 0.25) is 0 Å². The molecule has 1 aliphatic rings. The highest BCUT2D eigenvalue weighted by Crippen LogP contribution is 2.19. The molecule has 1 rings (SSSR count). The SMILES string of the molecule is Cl.O=C(CC(F)(F)F)NC1CCCNC1. The number of halogens is 4. The van der Waals surface area contributed by atoms with Gasteiger partial charge < -0.3 is 10.6 Å². The molecule has 1 unspecified atom stereocenters. The van der Waals surface area contributed by atoms with Crippen LogP contribution >= 0.6 is 12.4 Å². The number of rotatable bonds is 2. The van der Waals surface area contributed by atoms with Crippen LogP contribution < -0.4 is 10.6 Å². The highest BCUT2D eigenvalue weighted by molar-refractivity contribution is 5.85. The Labute approximate surface area is 92.2 Å². The maximum atomic E-state index is 11.8. The van der Waals surface area contributed by atoms with E-state index in [0.717, 1.165) is 19.4 Å². The van der Waals surface area contributed by atoms with E-state index in [0.29, 0.717) is 6.54 Å².